The normalized spacial score (nSPS) is 13.2. The molecule has 0 amide bonds. The van der Waals surface area contributed by atoms with E-state index in [0.29, 0.717) is 31.4 Å². The molecule has 0 unspecified atom stereocenters. The summed E-state index contributed by atoms with van der Waals surface area (Å²) >= 11 is 0. The summed E-state index contributed by atoms with van der Waals surface area (Å²) < 4.78 is 17.4. The Morgan fingerprint density at radius 1 is 1.29 bits per heavy atom. The van der Waals surface area contributed by atoms with Crippen LogP contribution in [0.5, 0.6) is 17.2 Å². The molecule has 2 aromatic rings. The minimum atomic E-state index is 0.214. The van der Waals surface area contributed by atoms with Crippen molar-refractivity contribution in [1.82, 2.24) is 9.97 Å². The molecule has 0 radical (unpaired) electrons. The van der Waals surface area contributed by atoms with Crippen LogP contribution in [0.15, 0.2) is 24.4 Å². The quantitative estimate of drug-likeness (QED) is 0.841. The van der Waals surface area contributed by atoms with Gasteiger partial charge in [0.15, 0.2) is 23.1 Å². The number of benzene rings is 1. The van der Waals surface area contributed by atoms with Crippen LogP contribution in [0.4, 0.5) is 11.8 Å². The Labute approximate surface area is 141 Å². The van der Waals surface area contributed by atoms with Gasteiger partial charge in [-0.25, -0.2) is 4.98 Å². The van der Waals surface area contributed by atoms with Gasteiger partial charge in [-0.05, 0) is 12.5 Å². The fourth-order valence-electron chi connectivity index (χ4n) is 2.38. The van der Waals surface area contributed by atoms with E-state index in [1.807, 2.05) is 18.2 Å². The molecule has 3 rings (SSSR count). The van der Waals surface area contributed by atoms with Crippen molar-refractivity contribution in [3.8, 4) is 17.2 Å². The molecule has 2 heterocycles. The van der Waals surface area contributed by atoms with Crippen LogP contribution in [-0.2, 0) is 6.61 Å². The van der Waals surface area contributed by atoms with Gasteiger partial charge in [0, 0.05) is 18.5 Å². The van der Waals surface area contributed by atoms with Crippen molar-refractivity contribution < 1.29 is 14.2 Å². The van der Waals surface area contributed by atoms with Crippen molar-refractivity contribution >= 4 is 11.8 Å². The van der Waals surface area contributed by atoms with E-state index in [9.17, 15) is 0 Å². The summed E-state index contributed by atoms with van der Waals surface area (Å²) in [7, 11) is 0. The van der Waals surface area contributed by atoms with Gasteiger partial charge < -0.3 is 25.3 Å². The molecule has 0 aliphatic carbocycles. The van der Waals surface area contributed by atoms with E-state index >= 15 is 0 Å². The highest BCUT2D eigenvalue weighted by molar-refractivity contribution is 5.52. The molecule has 1 aliphatic rings. The van der Waals surface area contributed by atoms with E-state index in [4.69, 9.17) is 19.9 Å². The first-order valence-electron chi connectivity index (χ1n) is 8.14. The third-order valence-corrected chi connectivity index (χ3v) is 3.55. The number of ether oxygens (including phenoxy) is 3. The lowest BCUT2D eigenvalue weighted by molar-refractivity contribution is 0.279. The van der Waals surface area contributed by atoms with Gasteiger partial charge in [-0.15, -0.1) is 0 Å². The zero-order valence-corrected chi connectivity index (χ0v) is 13.7. The van der Waals surface area contributed by atoms with Gasteiger partial charge >= 0.3 is 0 Å². The molecular formula is C17H22N4O3. The second-order valence-electron chi connectivity index (χ2n) is 5.45. The van der Waals surface area contributed by atoms with E-state index in [1.165, 1.54) is 0 Å². The fourth-order valence-corrected chi connectivity index (χ4v) is 2.38. The molecule has 0 saturated carbocycles. The molecule has 0 bridgehead atoms. The van der Waals surface area contributed by atoms with Crippen molar-refractivity contribution in [1.29, 1.82) is 0 Å². The van der Waals surface area contributed by atoms with Gasteiger partial charge in [0.1, 0.15) is 6.61 Å². The molecule has 0 spiro atoms. The minimum Gasteiger partial charge on any atom is -0.490 e. The molecule has 0 fully saturated rings. The topological polar surface area (TPSA) is 91.5 Å². The van der Waals surface area contributed by atoms with E-state index < -0.39 is 0 Å². The molecule has 1 aliphatic heterocycles. The van der Waals surface area contributed by atoms with Gasteiger partial charge in [0.25, 0.3) is 0 Å². The second kappa shape index (κ2) is 7.72. The number of fused-ring (bicyclic) bond motifs is 1. The maximum Gasteiger partial charge on any atom is 0.222 e. The number of para-hydroxylation sites is 1. The number of nitrogen functional groups attached to an aromatic ring is 1. The lowest BCUT2D eigenvalue weighted by atomic mass is 10.2. The predicted octanol–water partition coefficient (Wildman–Crippen LogP) is 2.62. The third kappa shape index (κ3) is 3.79. The Balaban J connectivity index is 1.77. The first-order valence-corrected chi connectivity index (χ1v) is 8.14. The van der Waals surface area contributed by atoms with Crippen LogP contribution in [0, 0.1) is 0 Å². The Bertz CT molecular complexity index is 694. The maximum absolute atomic E-state index is 5.90. The number of nitrogens with zero attached hydrogens (tertiary/aromatic N) is 2. The fraction of sp³-hybridized carbons (Fsp3) is 0.412. The van der Waals surface area contributed by atoms with Crippen molar-refractivity contribution in [3.63, 3.8) is 0 Å². The van der Waals surface area contributed by atoms with E-state index in [1.54, 1.807) is 6.20 Å². The zero-order chi connectivity index (χ0) is 16.8. The van der Waals surface area contributed by atoms with Crippen LogP contribution in [-0.4, -0.2) is 29.7 Å². The average molecular weight is 330 g/mol. The van der Waals surface area contributed by atoms with Crippen LogP contribution in [0.25, 0.3) is 0 Å². The second-order valence-corrected chi connectivity index (χ2v) is 5.45. The highest BCUT2D eigenvalue weighted by Gasteiger charge is 2.16. The lowest BCUT2D eigenvalue weighted by Gasteiger charge is -2.15. The van der Waals surface area contributed by atoms with Gasteiger partial charge in [0.2, 0.25) is 5.95 Å². The molecule has 24 heavy (non-hydrogen) atoms. The molecule has 0 saturated heterocycles. The summed E-state index contributed by atoms with van der Waals surface area (Å²) in [5.41, 5.74) is 6.58. The van der Waals surface area contributed by atoms with Crippen LogP contribution in [0.3, 0.4) is 0 Å². The maximum atomic E-state index is 5.90. The van der Waals surface area contributed by atoms with E-state index in [2.05, 4.69) is 22.2 Å². The van der Waals surface area contributed by atoms with E-state index in [-0.39, 0.29) is 5.95 Å². The van der Waals surface area contributed by atoms with Gasteiger partial charge in [-0.1, -0.05) is 19.1 Å². The number of anilines is 2. The van der Waals surface area contributed by atoms with Crippen molar-refractivity contribution in [2.45, 2.75) is 26.4 Å². The number of nitrogens with one attached hydrogen (secondary N) is 1. The summed E-state index contributed by atoms with van der Waals surface area (Å²) in [4.78, 5) is 8.21. The van der Waals surface area contributed by atoms with Gasteiger partial charge in [0.05, 0.1) is 19.4 Å². The Morgan fingerprint density at radius 3 is 3.04 bits per heavy atom. The molecule has 1 aromatic heterocycles. The number of nitrogens with two attached hydrogens (primary N) is 1. The van der Waals surface area contributed by atoms with Crippen molar-refractivity contribution in [2.75, 3.05) is 30.8 Å². The molecule has 1 aromatic carbocycles. The number of aromatic nitrogens is 2. The van der Waals surface area contributed by atoms with Crippen LogP contribution < -0.4 is 25.3 Å². The van der Waals surface area contributed by atoms with Crippen LogP contribution in [0.1, 0.15) is 25.3 Å². The SMILES string of the molecule is CCCNc1nc(N)ncc1OCc1cccc2c1OCCCO2. The minimum absolute atomic E-state index is 0.214. The summed E-state index contributed by atoms with van der Waals surface area (Å²) in [6.45, 7) is 4.49. The summed E-state index contributed by atoms with van der Waals surface area (Å²) in [6, 6.07) is 5.80. The van der Waals surface area contributed by atoms with Crippen LogP contribution >= 0.6 is 0 Å². The average Bonchev–Trinajstić information content (AvgIpc) is 2.85. The van der Waals surface area contributed by atoms with Crippen molar-refractivity contribution in [3.05, 3.63) is 30.0 Å². The monoisotopic (exact) mass is 330 g/mol. The highest BCUT2D eigenvalue weighted by Crippen LogP contribution is 2.34. The largest absolute Gasteiger partial charge is 0.490 e. The predicted molar refractivity (Wildman–Crippen MR) is 91.6 cm³/mol. The summed E-state index contributed by atoms with van der Waals surface area (Å²) in [5.74, 6) is 2.88. The highest BCUT2D eigenvalue weighted by atomic mass is 16.5. The third-order valence-electron chi connectivity index (χ3n) is 3.55. The number of rotatable bonds is 6. The Hall–Kier alpha value is -2.70. The Morgan fingerprint density at radius 2 is 2.17 bits per heavy atom. The molecule has 7 nitrogen and oxygen atoms in total. The molecule has 3 N–H and O–H groups in total. The summed E-state index contributed by atoms with van der Waals surface area (Å²) in [5, 5.41) is 3.20. The van der Waals surface area contributed by atoms with Crippen LogP contribution in [0.2, 0.25) is 0 Å². The Kier molecular flexibility index (Phi) is 5.20. The molecule has 0 atom stereocenters. The zero-order valence-electron chi connectivity index (χ0n) is 13.7. The molecule has 128 valence electrons. The molecule has 7 heteroatoms. The van der Waals surface area contributed by atoms with Gasteiger partial charge in [-0.3, -0.25) is 0 Å². The first-order chi connectivity index (χ1) is 11.8. The van der Waals surface area contributed by atoms with E-state index in [0.717, 1.165) is 36.4 Å². The first kappa shape index (κ1) is 16.2. The van der Waals surface area contributed by atoms with Gasteiger partial charge in [-0.2, -0.15) is 4.98 Å². The standard InChI is InChI=1S/C17H22N4O3/c1-2-7-19-16-14(10-20-17(18)21-16)24-11-12-5-3-6-13-15(12)23-9-4-8-22-13/h3,5-6,10H,2,4,7-9,11H2,1H3,(H3,18,19,20,21). The number of hydrogen-bond donors (Lipinski definition) is 2. The smallest absolute Gasteiger partial charge is 0.222 e. The molecular weight excluding hydrogens is 308 g/mol. The lowest BCUT2D eigenvalue weighted by Crippen LogP contribution is -2.08. The summed E-state index contributed by atoms with van der Waals surface area (Å²) in [6.07, 6.45) is 3.42. The number of hydrogen-bond acceptors (Lipinski definition) is 7. The van der Waals surface area contributed by atoms with Crippen molar-refractivity contribution in [2.24, 2.45) is 0 Å².